The number of anilines is 1. The van der Waals surface area contributed by atoms with Crippen molar-refractivity contribution < 1.29 is 4.39 Å². The number of aromatic nitrogens is 4. The van der Waals surface area contributed by atoms with E-state index in [2.05, 4.69) is 15.3 Å². The van der Waals surface area contributed by atoms with Crippen molar-refractivity contribution in [2.45, 2.75) is 32.7 Å². The van der Waals surface area contributed by atoms with E-state index in [1.54, 1.807) is 10.9 Å². The predicted molar refractivity (Wildman–Crippen MR) is 66.4 cm³/mol. The van der Waals surface area contributed by atoms with Gasteiger partial charge in [0.25, 0.3) is 0 Å². The summed E-state index contributed by atoms with van der Waals surface area (Å²) < 4.78 is 14.8. The molecule has 0 unspecified atom stereocenters. The number of halogens is 1. The van der Waals surface area contributed by atoms with Crippen LogP contribution in [-0.4, -0.2) is 20.0 Å². The Balaban J connectivity index is 2.36. The van der Waals surface area contributed by atoms with Gasteiger partial charge in [0, 0.05) is 11.6 Å². The molecule has 0 aliphatic carbocycles. The number of nitrogens with zero attached hydrogens (tertiary/aromatic N) is 4. The van der Waals surface area contributed by atoms with Crippen LogP contribution in [0, 0.1) is 5.82 Å². The smallest absolute Gasteiger partial charge is 0.169 e. The maximum Gasteiger partial charge on any atom is 0.169 e. The van der Waals surface area contributed by atoms with Gasteiger partial charge in [-0.2, -0.15) is 0 Å². The van der Waals surface area contributed by atoms with Gasteiger partial charge >= 0.3 is 0 Å². The molecule has 2 rings (SSSR count). The maximum atomic E-state index is 13.1. The second-order valence-corrected chi connectivity index (χ2v) is 5.24. The molecular weight excluding hydrogens is 233 g/mol. The highest BCUT2D eigenvalue weighted by atomic mass is 19.1. The van der Waals surface area contributed by atoms with E-state index in [-0.39, 0.29) is 11.2 Å². The molecule has 0 aliphatic rings. The van der Waals surface area contributed by atoms with Crippen LogP contribution in [0.3, 0.4) is 0 Å². The third-order valence-corrected chi connectivity index (χ3v) is 2.57. The minimum Gasteiger partial charge on any atom is -0.381 e. The Kier molecular flexibility index (Phi) is 3.02. The molecule has 0 radical (unpaired) electrons. The van der Waals surface area contributed by atoms with Gasteiger partial charge < -0.3 is 5.73 Å². The zero-order chi connectivity index (χ0) is 13.3. The lowest BCUT2D eigenvalue weighted by Crippen LogP contribution is -2.20. The van der Waals surface area contributed by atoms with Crippen molar-refractivity contribution in [3.05, 3.63) is 35.5 Å². The Hall–Kier alpha value is -1.98. The van der Waals surface area contributed by atoms with E-state index < -0.39 is 0 Å². The quantitative estimate of drug-likeness (QED) is 0.880. The molecule has 0 bridgehead atoms. The van der Waals surface area contributed by atoms with Crippen molar-refractivity contribution in [3.63, 3.8) is 0 Å². The van der Waals surface area contributed by atoms with Crippen molar-refractivity contribution in [1.82, 2.24) is 20.0 Å². The molecular formula is C12H16FN5. The van der Waals surface area contributed by atoms with Crippen LogP contribution in [0.25, 0.3) is 0 Å². The lowest BCUT2D eigenvalue weighted by molar-refractivity contribution is 0.501. The first kappa shape index (κ1) is 12.5. The molecule has 0 aromatic carbocycles. The molecule has 5 nitrogen and oxygen atoms in total. The molecule has 0 spiro atoms. The van der Waals surface area contributed by atoms with Gasteiger partial charge in [0.1, 0.15) is 5.82 Å². The SMILES string of the molecule is CC(C)(C)c1c(N)nnn1Cc1cncc(F)c1. The van der Waals surface area contributed by atoms with E-state index in [1.165, 1.54) is 12.3 Å². The van der Waals surface area contributed by atoms with E-state index in [4.69, 9.17) is 5.73 Å². The molecule has 2 aromatic heterocycles. The average Bonchev–Trinajstić information content (AvgIpc) is 2.59. The van der Waals surface area contributed by atoms with Crippen LogP contribution < -0.4 is 5.73 Å². The lowest BCUT2D eigenvalue weighted by Gasteiger charge is -2.20. The van der Waals surface area contributed by atoms with Gasteiger partial charge in [-0.05, 0) is 11.6 Å². The van der Waals surface area contributed by atoms with Gasteiger partial charge in [0.05, 0.1) is 18.4 Å². The summed E-state index contributed by atoms with van der Waals surface area (Å²) in [7, 11) is 0. The van der Waals surface area contributed by atoms with Crippen molar-refractivity contribution in [3.8, 4) is 0 Å². The van der Waals surface area contributed by atoms with E-state index in [1.807, 2.05) is 20.8 Å². The molecule has 2 heterocycles. The van der Waals surface area contributed by atoms with Gasteiger partial charge in [-0.25, -0.2) is 9.07 Å². The minimum atomic E-state index is -0.363. The molecule has 2 aromatic rings. The first-order chi connectivity index (χ1) is 8.38. The molecule has 0 aliphatic heterocycles. The van der Waals surface area contributed by atoms with Gasteiger partial charge in [-0.3, -0.25) is 4.98 Å². The number of hydrogen-bond acceptors (Lipinski definition) is 4. The standard InChI is InChI=1S/C12H16FN5/c1-12(2,3)10-11(14)16-17-18(10)7-8-4-9(13)6-15-5-8/h4-6H,7,14H2,1-3H3. The first-order valence-corrected chi connectivity index (χ1v) is 5.67. The van der Waals surface area contributed by atoms with Gasteiger partial charge in [0.15, 0.2) is 5.82 Å². The zero-order valence-electron chi connectivity index (χ0n) is 10.7. The molecule has 0 fully saturated rings. The Morgan fingerprint density at radius 3 is 2.67 bits per heavy atom. The molecule has 0 atom stereocenters. The van der Waals surface area contributed by atoms with E-state index in [0.717, 1.165) is 11.3 Å². The van der Waals surface area contributed by atoms with Crippen molar-refractivity contribution in [1.29, 1.82) is 0 Å². The number of hydrogen-bond donors (Lipinski definition) is 1. The van der Waals surface area contributed by atoms with Crippen LogP contribution in [0.4, 0.5) is 10.2 Å². The second kappa shape index (κ2) is 4.36. The van der Waals surface area contributed by atoms with Gasteiger partial charge in [-0.1, -0.05) is 26.0 Å². The minimum absolute atomic E-state index is 0.172. The van der Waals surface area contributed by atoms with Crippen LogP contribution in [0.1, 0.15) is 32.0 Å². The van der Waals surface area contributed by atoms with Crippen LogP contribution in [-0.2, 0) is 12.0 Å². The normalized spacial score (nSPS) is 11.8. The van der Waals surface area contributed by atoms with E-state index in [9.17, 15) is 4.39 Å². The van der Waals surface area contributed by atoms with Crippen molar-refractivity contribution in [2.75, 3.05) is 5.73 Å². The van der Waals surface area contributed by atoms with Crippen LogP contribution in [0.5, 0.6) is 0 Å². The summed E-state index contributed by atoms with van der Waals surface area (Å²) in [5, 5.41) is 7.88. The number of nitrogen functional groups attached to an aromatic ring is 1. The summed E-state index contributed by atoms with van der Waals surface area (Å²) >= 11 is 0. The summed E-state index contributed by atoms with van der Waals surface area (Å²) in [6.07, 6.45) is 2.78. The number of pyridine rings is 1. The van der Waals surface area contributed by atoms with E-state index in [0.29, 0.717) is 12.4 Å². The predicted octanol–water partition coefficient (Wildman–Crippen LogP) is 1.74. The monoisotopic (exact) mass is 249 g/mol. The molecule has 0 amide bonds. The van der Waals surface area contributed by atoms with Gasteiger partial charge in [-0.15, -0.1) is 5.10 Å². The van der Waals surface area contributed by atoms with Crippen LogP contribution >= 0.6 is 0 Å². The number of rotatable bonds is 2. The first-order valence-electron chi connectivity index (χ1n) is 5.67. The summed E-state index contributed by atoms with van der Waals surface area (Å²) in [5.41, 5.74) is 7.22. The highest BCUT2D eigenvalue weighted by Crippen LogP contribution is 2.26. The Morgan fingerprint density at radius 2 is 2.06 bits per heavy atom. The topological polar surface area (TPSA) is 69.6 Å². The second-order valence-electron chi connectivity index (χ2n) is 5.24. The molecule has 6 heteroatoms. The third-order valence-electron chi connectivity index (χ3n) is 2.57. The Morgan fingerprint density at radius 1 is 1.33 bits per heavy atom. The average molecular weight is 249 g/mol. The summed E-state index contributed by atoms with van der Waals surface area (Å²) in [6.45, 7) is 6.49. The molecule has 96 valence electrons. The van der Waals surface area contributed by atoms with Gasteiger partial charge in [0.2, 0.25) is 0 Å². The fourth-order valence-corrected chi connectivity index (χ4v) is 1.92. The largest absolute Gasteiger partial charge is 0.381 e. The van der Waals surface area contributed by atoms with E-state index >= 15 is 0 Å². The van der Waals surface area contributed by atoms with Crippen molar-refractivity contribution >= 4 is 5.82 Å². The summed E-state index contributed by atoms with van der Waals surface area (Å²) in [5.74, 6) is 0.0461. The zero-order valence-corrected chi connectivity index (χ0v) is 10.7. The van der Waals surface area contributed by atoms with Crippen LogP contribution in [0.15, 0.2) is 18.5 Å². The fraction of sp³-hybridized carbons (Fsp3) is 0.417. The molecule has 0 saturated heterocycles. The molecule has 18 heavy (non-hydrogen) atoms. The molecule has 2 N–H and O–H groups in total. The lowest BCUT2D eigenvalue weighted by atomic mass is 9.92. The Bertz CT molecular complexity index is 556. The number of nitrogens with two attached hydrogens (primary N) is 1. The summed E-state index contributed by atoms with van der Waals surface area (Å²) in [4.78, 5) is 3.81. The molecule has 0 saturated carbocycles. The Labute approximate surface area is 105 Å². The highest BCUT2D eigenvalue weighted by molar-refractivity contribution is 5.38. The summed E-state index contributed by atoms with van der Waals surface area (Å²) in [6, 6.07) is 1.43. The van der Waals surface area contributed by atoms with Crippen LogP contribution in [0.2, 0.25) is 0 Å². The fourth-order valence-electron chi connectivity index (χ4n) is 1.92. The maximum absolute atomic E-state index is 13.1. The third kappa shape index (κ3) is 2.47. The van der Waals surface area contributed by atoms with Crippen molar-refractivity contribution in [2.24, 2.45) is 0 Å². The highest BCUT2D eigenvalue weighted by Gasteiger charge is 2.24.